The minimum atomic E-state index is -0.833. The Bertz CT molecular complexity index is 546. The molecule has 0 aliphatic heterocycles. The van der Waals surface area contributed by atoms with Gasteiger partial charge < -0.3 is 21.1 Å². The van der Waals surface area contributed by atoms with Crippen molar-refractivity contribution >= 4 is 5.97 Å². The second-order valence-electron chi connectivity index (χ2n) is 9.54. The van der Waals surface area contributed by atoms with Gasteiger partial charge >= 0.3 is 0 Å². The van der Waals surface area contributed by atoms with Gasteiger partial charge in [0, 0.05) is 13.5 Å². The van der Waals surface area contributed by atoms with E-state index < -0.39 is 5.97 Å². The monoisotopic (exact) mass is 381 g/mol. The molecule has 0 aromatic carbocycles. The van der Waals surface area contributed by atoms with Crippen LogP contribution in [0.25, 0.3) is 0 Å². The van der Waals surface area contributed by atoms with Crippen molar-refractivity contribution in [2.75, 3.05) is 13.2 Å². The number of carboxylic acids is 1. The van der Waals surface area contributed by atoms with Crippen molar-refractivity contribution in [1.82, 2.24) is 0 Å². The lowest BCUT2D eigenvalue weighted by Crippen LogP contribution is -2.52. The summed E-state index contributed by atoms with van der Waals surface area (Å²) in [6.45, 7) is 11.1. The first-order chi connectivity index (χ1) is 12.6. The molecule has 5 nitrogen and oxygen atoms in total. The van der Waals surface area contributed by atoms with Crippen molar-refractivity contribution in [3.8, 4) is 0 Å². The third-order valence-electron chi connectivity index (χ3n) is 8.24. The van der Waals surface area contributed by atoms with E-state index in [1.54, 1.807) is 0 Å². The molecule has 27 heavy (non-hydrogen) atoms. The van der Waals surface area contributed by atoms with Gasteiger partial charge in [-0.1, -0.05) is 26.0 Å². The smallest absolute Gasteiger partial charge is 0.300 e. The Hall–Kier alpha value is -0.910. The van der Waals surface area contributed by atoms with E-state index >= 15 is 0 Å². The molecule has 5 N–H and O–H groups in total. The summed E-state index contributed by atoms with van der Waals surface area (Å²) in [5.74, 6) is 1.13. The van der Waals surface area contributed by atoms with E-state index in [1.165, 1.54) is 24.8 Å². The van der Waals surface area contributed by atoms with Gasteiger partial charge in [0.15, 0.2) is 0 Å². The van der Waals surface area contributed by atoms with Gasteiger partial charge in [0.25, 0.3) is 5.97 Å². The van der Waals surface area contributed by atoms with Crippen LogP contribution in [0.3, 0.4) is 0 Å². The number of carbonyl (C=O) groups is 1. The molecule has 0 unspecified atom stereocenters. The fraction of sp³-hybridized carbons (Fsp3) is 0.864. The Morgan fingerprint density at radius 2 is 1.85 bits per heavy atom. The van der Waals surface area contributed by atoms with Crippen LogP contribution in [-0.2, 0) is 4.79 Å². The largest absolute Gasteiger partial charge is 0.481 e. The lowest BCUT2D eigenvalue weighted by molar-refractivity contribution is -0.134. The third-order valence-corrected chi connectivity index (χ3v) is 8.24. The molecule has 3 aliphatic rings. The third kappa shape index (κ3) is 4.25. The van der Waals surface area contributed by atoms with Crippen molar-refractivity contribution in [2.45, 2.75) is 71.8 Å². The summed E-state index contributed by atoms with van der Waals surface area (Å²) in [6, 6.07) is 0. The Morgan fingerprint density at radius 3 is 2.41 bits per heavy atom. The molecule has 0 aromatic heterocycles. The van der Waals surface area contributed by atoms with Crippen LogP contribution in [0.1, 0.15) is 65.7 Å². The van der Waals surface area contributed by atoms with Gasteiger partial charge in [-0.15, -0.1) is 0 Å². The van der Waals surface area contributed by atoms with Crippen LogP contribution >= 0.6 is 0 Å². The molecule has 3 fully saturated rings. The van der Waals surface area contributed by atoms with E-state index in [0.29, 0.717) is 17.8 Å². The molecule has 0 bridgehead atoms. The number of aliphatic hydroxyl groups is 2. The average molecular weight is 382 g/mol. The van der Waals surface area contributed by atoms with Gasteiger partial charge in [0.2, 0.25) is 0 Å². The van der Waals surface area contributed by atoms with Crippen LogP contribution in [0, 0.1) is 34.5 Å². The van der Waals surface area contributed by atoms with Gasteiger partial charge in [-0.3, -0.25) is 4.79 Å². The maximum Gasteiger partial charge on any atom is 0.300 e. The Morgan fingerprint density at radius 1 is 1.22 bits per heavy atom. The summed E-state index contributed by atoms with van der Waals surface area (Å²) in [7, 11) is 0. The standard InChI is InChI=1S/C20H35NO2.C2H4O2/c1-13-4-5-17-16(11-21)18(7-9-19(13,17)2)20(3)8-6-15(23)10-14(20)12-22;1-2(3)4/h14-18,22-23H,1,4-12,21H2,2-3H3;1H3,(H,3,4)/t14-,15+,16+,17+,18+,19-,20+;/m1./s1. The zero-order valence-electron chi connectivity index (χ0n) is 17.3. The van der Waals surface area contributed by atoms with Gasteiger partial charge in [0.1, 0.15) is 0 Å². The summed E-state index contributed by atoms with van der Waals surface area (Å²) in [5, 5.41) is 27.4. The number of hydrogen-bond donors (Lipinski definition) is 4. The van der Waals surface area contributed by atoms with Crippen molar-refractivity contribution < 1.29 is 20.1 Å². The number of nitrogens with two attached hydrogens (primary N) is 1. The number of aliphatic hydroxyl groups excluding tert-OH is 2. The lowest BCUT2D eigenvalue weighted by Gasteiger charge is -2.56. The SMILES string of the molecule is C=C1CC[C@H]2[C@H](CN)[C@@H]([C@@]3(C)CC[C@H](O)C[C@@H]3CO)CC[C@]12C.CC(=O)O. The number of fused-ring (bicyclic) bond motifs is 1. The van der Waals surface area contributed by atoms with Crippen LogP contribution in [0.15, 0.2) is 12.2 Å². The lowest BCUT2D eigenvalue weighted by atomic mass is 9.49. The van der Waals surface area contributed by atoms with E-state index in [-0.39, 0.29) is 29.5 Å². The Balaban J connectivity index is 0.000000596. The van der Waals surface area contributed by atoms with E-state index in [1.807, 2.05) is 0 Å². The molecular weight excluding hydrogens is 342 g/mol. The number of allylic oxidation sites excluding steroid dienone is 1. The highest BCUT2D eigenvalue weighted by Crippen LogP contribution is 2.63. The summed E-state index contributed by atoms with van der Waals surface area (Å²) in [6.07, 6.45) is 7.19. The second-order valence-corrected chi connectivity index (χ2v) is 9.54. The maximum atomic E-state index is 10.0. The summed E-state index contributed by atoms with van der Waals surface area (Å²) in [4.78, 5) is 9.00. The molecular formula is C22H39NO4. The minimum absolute atomic E-state index is 0.114. The van der Waals surface area contributed by atoms with Crippen LogP contribution in [0.2, 0.25) is 0 Å². The zero-order chi connectivity index (χ0) is 20.4. The van der Waals surface area contributed by atoms with E-state index in [4.69, 9.17) is 15.6 Å². The molecule has 0 heterocycles. The van der Waals surface area contributed by atoms with Gasteiger partial charge in [-0.05, 0) is 86.0 Å². The first kappa shape index (κ1) is 22.4. The summed E-state index contributed by atoms with van der Waals surface area (Å²) in [5.41, 5.74) is 8.12. The fourth-order valence-corrected chi connectivity index (χ4v) is 6.51. The van der Waals surface area contributed by atoms with Crippen LogP contribution in [-0.4, -0.2) is 40.5 Å². The summed E-state index contributed by atoms with van der Waals surface area (Å²) >= 11 is 0. The minimum Gasteiger partial charge on any atom is -0.481 e. The van der Waals surface area contributed by atoms with E-state index in [2.05, 4.69) is 20.4 Å². The van der Waals surface area contributed by atoms with Crippen LogP contribution in [0.5, 0.6) is 0 Å². The molecule has 5 heteroatoms. The molecule has 0 amide bonds. The highest BCUT2D eigenvalue weighted by Gasteiger charge is 2.56. The Kier molecular flexibility index (Phi) is 7.15. The van der Waals surface area contributed by atoms with Crippen LogP contribution < -0.4 is 5.73 Å². The van der Waals surface area contributed by atoms with Gasteiger partial charge in [-0.25, -0.2) is 0 Å². The fourth-order valence-electron chi connectivity index (χ4n) is 6.51. The molecule has 3 rings (SSSR count). The number of aliphatic carboxylic acids is 1. The molecule has 0 aromatic rings. The van der Waals surface area contributed by atoms with Gasteiger partial charge in [0.05, 0.1) is 6.10 Å². The highest BCUT2D eigenvalue weighted by molar-refractivity contribution is 5.62. The van der Waals surface area contributed by atoms with Gasteiger partial charge in [-0.2, -0.15) is 0 Å². The summed E-state index contributed by atoms with van der Waals surface area (Å²) < 4.78 is 0. The predicted octanol–water partition coefficient (Wildman–Crippen LogP) is 3.19. The van der Waals surface area contributed by atoms with Crippen molar-refractivity contribution in [3.63, 3.8) is 0 Å². The first-order valence-corrected chi connectivity index (χ1v) is 10.5. The molecule has 0 radical (unpaired) electrons. The second kappa shape index (κ2) is 8.62. The number of hydrogen-bond acceptors (Lipinski definition) is 4. The Labute approximate surface area is 164 Å². The molecule has 0 saturated heterocycles. The maximum absolute atomic E-state index is 10.0. The number of rotatable bonds is 3. The zero-order valence-corrected chi connectivity index (χ0v) is 17.3. The van der Waals surface area contributed by atoms with Crippen LogP contribution in [0.4, 0.5) is 0 Å². The quantitative estimate of drug-likeness (QED) is 0.562. The topological polar surface area (TPSA) is 104 Å². The van der Waals surface area contributed by atoms with E-state index in [9.17, 15) is 10.2 Å². The molecule has 3 aliphatic carbocycles. The van der Waals surface area contributed by atoms with E-state index in [0.717, 1.165) is 39.2 Å². The van der Waals surface area contributed by atoms with Crippen molar-refractivity contribution in [3.05, 3.63) is 12.2 Å². The number of carboxylic acid groups (broad SMARTS) is 1. The first-order valence-electron chi connectivity index (χ1n) is 10.5. The normalized spacial score (nSPS) is 44.2. The van der Waals surface area contributed by atoms with Crippen molar-refractivity contribution in [1.29, 1.82) is 0 Å². The molecule has 0 spiro atoms. The molecule has 156 valence electrons. The average Bonchev–Trinajstić information content (AvgIpc) is 2.91. The highest BCUT2D eigenvalue weighted by atomic mass is 16.4. The predicted molar refractivity (Wildman–Crippen MR) is 107 cm³/mol. The molecule has 7 atom stereocenters. The molecule has 3 saturated carbocycles. The van der Waals surface area contributed by atoms with Crippen molar-refractivity contribution in [2.24, 2.45) is 40.2 Å².